The van der Waals surface area contributed by atoms with Crippen molar-refractivity contribution in [1.82, 2.24) is 19.6 Å². The van der Waals surface area contributed by atoms with Crippen molar-refractivity contribution < 1.29 is 4.79 Å². The second-order valence-corrected chi connectivity index (χ2v) is 5.78. The van der Waals surface area contributed by atoms with Crippen molar-refractivity contribution in [3.05, 3.63) is 17.5 Å². The van der Waals surface area contributed by atoms with Crippen molar-refractivity contribution in [2.45, 2.75) is 26.2 Å². The van der Waals surface area contributed by atoms with Gasteiger partial charge in [0.25, 0.3) is 5.91 Å². The lowest BCUT2D eigenvalue weighted by atomic mass is 10.2. The van der Waals surface area contributed by atoms with Gasteiger partial charge in [-0.1, -0.05) is 6.42 Å². The summed E-state index contributed by atoms with van der Waals surface area (Å²) in [6, 6.07) is 1.86. The van der Waals surface area contributed by atoms with Gasteiger partial charge in [-0.05, 0) is 38.9 Å². The number of carbonyl (C=O) groups is 1. The number of piperazine rings is 1. The maximum absolute atomic E-state index is 12.5. The average molecular weight is 293 g/mol. The topological polar surface area (TPSA) is 67.4 Å². The molecule has 0 aromatic carbocycles. The van der Waals surface area contributed by atoms with Gasteiger partial charge in [0, 0.05) is 33.2 Å². The molecular weight excluding hydrogens is 266 g/mol. The summed E-state index contributed by atoms with van der Waals surface area (Å²) in [6.07, 6.45) is 3.51. The van der Waals surface area contributed by atoms with Crippen molar-refractivity contribution in [2.75, 3.05) is 39.3 Å². The molecule has 1 aromatic heterocycles. The normalized spacial score (nSPS) is 16.4. The van der Waals surface area contributed by atoms with Crippen LogP contribution in [0.25, 0.3) is 0 Å². The van der Waals surface area contributed by atoms with E-state index in [0.29, 0.717) is 5.69 Å². The number of nitrogens with two attached hydrogens (primary N) is 1. The van der Waals surface area contributed by atoms with E-state index in [4.69, 9.17) is 5.73 Å². The lowest BCUT2D eigenvalue weighted by Crippen LogP contribution is -2.49. The van der Waals surface area contributed by atoms with Gasteiger partial charge in [0.05, 0.1) is 5.69 Å². The first kappa shape index (κ1) is 16.0. The Morgan fingerprint density at radius 2 is 1.95 bits per heavy atom. The van der Waals surface area contributed by atoms with Crippen LogP contribution in [-0.4, -0.2) is 64.8 Å². The number of amides is 1. The molecular formula is C15H27N5O. The highest BCUT2D eigenvalue weighted by molar-refractivity contribution is 5.92. The van der Waals surface area contributed by atoms with Gasteiger partial charge in [-0.15, -0.1) is 0 Å². The van der Waals surface area contributed by atoms with E-state index >= 15 is 0 Å². The number of aryl methyl sites for hydroxylation is 2. The van der Waals surface area contributed by atoms with Gasteiger partial charge in [-0.25, -0.2) is 0 Å². The molecule has 2 heterocycles. The second kappa shape index (κ2) is 7.56. The van der Waals surface area contributed by atoms with Crippen LogP contribution < -0.4 is 5.73 Å². The summed E-state index contributed by atoms with van der Waals surface area (Å²) in [4.78, 5) is 16.8. The maximum atomic E-state index is 12.5. The Labute approximate surface area is 126 Å². The summed E-state index contributed by atoms with van der Waals surface area (Å²) in [7, 11) is 1.83. The van der Waals surface area contributed by atoms with E-state index < -0.39 is 0 Å². The third-order valence-electron chi connectivity index (χ3n) is 4.06. The van der Waals surface area contributed by atoms with E-state index in [0.717, 1.165) is 51.4 Å². The van der Waals surface area contributed by atoms with E-state index in [-0.39, 0.29) is 5.91 Å². The van der Waals surface area contributed by atoms with Gasteiger partial charge in [-0.2, -0.15) is 5.10 Å². The van der Waals surface area contributed by atoms with Crippen molar-refractivity contribution >= 4 is 5.91 Å². The maximum Gasteiger partial charge on any atom is 0.272 e. The molecule has 0 saturated carbocycles. The van der Waals surface area contributed by atoms with Crippen LogP contribution in [0, 0.1) is 6.92 Å². The zero-order valence-electron chi connectivity index (χ0n) is 13.2. The van der Waals surface area contributed by atoms with Crippen LogP contribution in [0.5, 0.6) is 0 Å². The van der Waals surface area contributed by atoms with E-state index in [1.165, 1.54) is 12.8 Å². The largest absolute Gasteiger partial charge is 0.335 e. The lowest BCUT2D eigenvalue weighted by molar-refractivity contribution is 0.0624. The molecule has 0 aliphatic carbocycles. The minimum Gasteiger partial charge on any atom is -0.335 e. The predicted molar refractivity (Wildman–Crippen MR) is 83.2 cm³/mol. The fourth-order valence-electron chi connectivity index (χ4n) is 2.80. The van der Waals surface area contributed by atoms with Crippen molar-refractivity contribution in [2.24, 2.45) is 12.8 Å². The predicted octanol–water partition coefficient (Wildman–Crippen LogP) is 0.615. The molecule has 2 rings (SSSR count). The Kier molecular flexibility index (Phi) is 5.76. The van der Waals surface area contributed by atoms with Gasteiger partial charge >= 0.3 is 0 Å². The first-order chi connectivity index (χ1) is 10.1. The van der Waals surface area contributed by atoms with Gasteiger partial charge in [0.1, 0.15) is 5.69 Å². The van der Waals surface area contributed by atoms with Gasteiger partial charge in [0.2, 0.25) is 0 Å². The first-order valence-electron chi connectivity index (χ1n) is 7.84. The average Bonchev–Trinajstić information content (AvgIpc) is 2.82. The molecule has 1 amide bonds. The molecule has 6 nitrogen and oxygen atoms in total. The fourth-order valence-corrected chi connectivity index (χ4v) is 2.80. The number of rotatable bonds is 6. The quantitative estimate of drug-likeness (QED) is 0.781. The van der Waals surface area contributed by atoms with E-state index in [9.17, 15) is 4.79 Å². The molecule has 0 atom stereocenters. The molecule has 0 bridgehead atoms. The molecule has 0 unspecified atom stereocenters. The van der Waals surface area contributed by atoms with Crippen LogP contribution >= 0.6 is 0 Å². The van der Waals surface area contributed by atoms with Gasteiger partial charge < -0.3 is 10.6 Å². The number of aromatic nitrogens is 2. The minimum atomic E-state index is 0.0980. The van der Waals surface area contributed by atoms with Crippen LogP contribution in [-0.2, 0) is 7.05 Å². The molecule has 1 aromatic rings. The van der Waals surface area contributed by atoms with Crippen molar-refractivity contribution in [3.63, 3.8) is 0 Å². The second-order valence-electron chi connectivity index (χ2n) is 5.78. The van der Waals surface area contributed by atoms with Crippen molar-refractivity contribution in [3.8, 4) is 0 Å². The Bertz CT molecular complexity index is 463. The molecule has 118 valence electrons. The molecule has 1 fully saturated rings. The summed E-state index contributed by atoms with van der Waals surface area (Å²) in [5.41, 5.74) is 7.08. The minimum absolute atomic E-state index is 0.0980. The summed E-state index contributed by atoms with van der Waals surface area (Å²) in [5, 5.41) is 4.25. The van der Waals surface area contributed by atoms with Gasteiger partial charge in [-0.3, -0.25) is 14.4 Å². The molecule has 0 spiro atoms. The number of hydrogen-bond donors (Lipinski definition) is 1. The monoisotopic (exact) mass is 293 g/mol. The number of nitrogens with zero attached hydrogens (tertiary/aromatic N) is 4. The summed E-state index contributed by atoms with van der Waals surface area (Å²) in [6.45, 7) is 7.35. The molecule has 6 heteroatoms. The van der Waals surface area contributed by atoms with Crippen LogP contribution in [0.15, 0.2) is 6.07 Å². The molecule has 21 heavy (non-hydrogen) atoms. The molecule has 2 N–H and O–H groups in total. The zero-order valence-corrected chi connectivity index (χ0v) is 13.2. The zero-order chi connectivity index (χ0) is 15.2. The Morgan fingerprint density at radius 1 is 1.24 bits per heavy atom. The van der Waals surface area contributed by atoms with Crippen LogP contribution in [0.3, 0.4) is 0 Å². The van der Waals surface area contributed by atoms with Crippen LogP contribution in [0.2, 0.25) is 0 Å². The number of carbonyl (C=O) groups excluding carboxylic acids is 1. The van der Waals surface area contributed by atoms with Crippen LogP contribution in [0.4, 0.5) is 0 Å². The fraction of sp³-hybridized carbons (Fsp3) is 0.733. The van der Waals surface area contributed by atoms with Crippen molar-refractivity contribution in [1.29, 1.82) is 0 Å². The summed E-state index contributed by atoms with van der Waals surface area (Å²) < 4.78 is 1.68. The highest BCUT2D eigenvalue weighted by atomic mass is 16.2. The molecule has 1 aliphatic rings. The standard InChI is InChI=1S/C15H27N5O/c1-13-12-14(18(2)17-13)15(21)20-10-8-19(9-11-20)7-5-3-4-6-16/h12H,3-11,16H2,1-2H3. The third kappa shape index (κ3) is 4.28. The smallest absolute Gasteiger partial charge is 0.272 e. The molecule has 1 aliphatic heterocycles. The van der Waals surface area contributed by atoms with E-state index in [1.807, 2.05) is 24.9 Å². The Morgan fingerprint density at radius 3 is 2.52 bits per heavy atom. The Hall–Kier alpha value is -1.40. The van der Waals surface area contributed by atoms with E-state index in [2.05, 4.69) is 10.00 Å². The number of hydrogen-bond acceptors (Lipinski definition) is 4. The highest BCUT2D eigenvalue weighted by Crippen LogP contribution is 2.10. The molecule has 0 radical (unpaired) electrons. The number of unbranched alkanes of at least 4 members (excludes halogenated alkanes) is 2. The summed E-state index contributed by atoms with van der Waals surface area (Å²) in [5.74, 6) is 0.0980. The lowest BCUT2D eigenvalue weighted by Gasteiger charge is -2.34. The third-order valence-corrected chi connectivity index (χ3v) is 4.06. The first-order valence-corrected chi connectivity index (χ1v) is 7.84. The van der Waals surface area contributed by atoms with Crippen LogP contribution in [0.1, 0.15) is 35.4 Å². The Balaban J connectivity index is 1.78. The SMILES string of the molecule is Cc1cc(C(=O)N2CCN(CCCCCN)CC2)n(C)n1. The van der Waals surface area contributed by atoms with Gasteiger partial charge in [0.15, 0.2) is 0 Å². The van der Waals surface area contributed by atoms with E-state index in [1.54, 1.807) is 4.68 Å². The molecule has 1 saturated heterocycles. The highest BCUT2D eigenvalue weighted by Gasteiger charge is 2.23. The summed E-state index contributed by atoms with van der Waals surface area (Å²) >= 11 is 0.